The molecule has 0 aliphatic rings. The van der Waals surface area contributed by atoms with Crippen molar-refractivity contribution in [2.24, 2.45) is 0 Å². The molecule has 2 N–H and O–H groups in total. The van der Waals surface area contributed by atoms with Crippen LogP contribution < -0.4 is 5.32 Å². The number of aromatic amines is 1. The fraction of sp³-hybridized carbons (Fsp3) is 0.0625. The van der Waals surface area contributed by atoms with Gasteiger partial charge in [0.2, 0.25) is 0 Å². The third-order valence-corrected chi connectivity index (χ3v) is 3.28. The average molecular weight is 314 g/mol. The van der Waals surface area contributed by atoms with E-state index in [4.69, 9.17) is 0 Å². The maximum atomic E-state index is 13.2. The normalized spacial score (nSPS) is 10.6. The smallest absolute Gasteiger partial charge is 0.274 e. The number of hydrogen-bond donors (Lipinski definition) is 2. The lowest BCUT2D eigenvalue weighted by Crippen LogP contribution is -2.15. The van der Waals surface area contributed by atoms with Crippen molar-refractivity contribution in [2.75, 3.05) is 5.32 Å². The monoisotopic (exact) mass is 314 g/mol. The quantitative estimate of drug-likeness (QED) is 0.779. The second-order valence-corrected chi connectivity index (χ2v) is 4.93. The Morgan fingerprint density at radius 1 is 1.17 bits per heavy atom. The van der Waals surface area contributed by atoms with E-state index in [1.54, 1.807) is 31.5 Å². The number of hydrogen-bond acceptors (Lipinski definition) is 3. The number of nitrogens with zero attached hydrogens (tertiary/aromatic N) is 2. The molecular formula is C16H12F2N4O. The maximum Gasteiger partial charge on any atom is 0.274 e. The van der Waals surface area contributed by atoms with Crippen LogP contribution in [0.2, 0.25) is 0 Å². The Bertz CT molecular complexity index is 863. The summed E-state index contributed by atoms with van der Waals surface area (Å²) in [6, 6.07) is 6.69. The zero-order chi connectivity index (χ0) is 16.4. The van der Waals surface area contributed by atoms with E-state index in [2.05, 4.69) is 20.5 Å². The van der Waals surface area contributed by atoms with Crippen LogP contribution in [0.5, 0.6) is 0 Å². The highest BCUT2D eigenvalue weighted by Crippen LogP contribution is 2.19. The lowest BCUT2D eigenvalue weighted by molar-refractivity contribution is 0.102. The van der Waals surface area contributed by atoms with Gasteiger partial charge >= 0.3 is 0 Å². The van der Waals surface area contributed by atoms with Crippen LogP contribution in [-0.4, -0.2) is 21.1 Å². The fourth-order valence-corrected chi connectivity index (χ4v) is 2.07. The molecule has 0 radical (unpaired) electrons. The van der Waals surface area contributed by atoms with E-state index >= 15 is 0 Å². The molecule has 0 saturated heterocycles. The lowest BCUT2D eigenvalue weighted by Gasteiger charge is -2.08. The minimum atomic E-state index is -1.03. The molecule has 2 aromatic heterocycles. The van der Waals surface area contributed by atoms with Crippen LogP contribution in [-0.2, 0) is 0 Å². The standard InChI is InChI=1S/C16H12F2N4O/c1-9-2-5-14(10-7-19-20-8-10)22-15(9)16(23)21-11-3-4-12(17)13(18)6-11/h2-8H,1H3,(H,19,20)(H,21,23). The number of rotatable bonds is 3. The van der Waals surface area contributed by atoms with Gasteiger partial charge in [0.15, 0.2) is 11.6 Å². The van der Waals surface area contributed by atoms with E-state index in [1.165, 1.54) is 6.07 Å². The Morgan fingerprint density at radius 2 is 2.00 bits per heavy atom. The number of anilines is 1. The number of aromatic nitrogens is 3. The van der Waals surface area contributed by atoms with Crippen LogP contribution in [0.1, 0.15) is 16.1 Å². The number of pyridine rings is 1. The van der Waals surface area contributed by atoms with Crippen molar-refractivity contribution in [2.45, 2.75) is 6.92 Å². The predicted octanol–water partition coefficient (Wildman–Crippen LogP) is 3.31. The molecule has 5 nitrogen and oxygen atoms in total. The molecule has 0 aliphatic carbocycles. The number of H-pyrrole nitrogens is 1. The zero-order valence-corrected chi connectivity index (χ0v) is 12.1. The summed E-state index contributed by atoms with van der Waals surface area (Å²) in [5.41, 5.74) is 2.35. The van der Waals surface area contributed by atoms with Crippen LogP contribution in [0.4, 0.5) is 14.5 Å². The second kappa shape index (κ2) is 5.96. The molecule has 0 atom stereocenters. The molecule has 23 heavy (non-hydrogen) atoms. The van der Waals surface area contributed by atoms with Crippen molar-refractivity contribution in [1.29, 1.82) is 0 Å². The van der Waals surface area contributed by atoms with Crippen LogP contribution in [0, 0.1) is 18.6 Å². The van der Waals surface area contributed by atoms with Crippen molar-refractivity contribution >= 4 is 11.6 Å². The molecule has 0 bridgehead atoms. The summed E-state index contributed by atoms with van der Waals surface area (Å²) < 4.78 is 26.1. The summed E-state index contributed by atoms with van der Waals surface area (Å²) in [7, 11) is 0. The van der Waals surface area contributed by atoms with E-state index in [0.29, 0.717) is 11.3 Å². The molecule has 2 heterocycles. The molecule has 0 fully saturated rings. The molecule has 1 amide bonds. The fourth-order valence-electron chi connectivity index (χ4n) is 2.07. The Kier molecular flexibility index (Phi) is 3.84. The minimum absolute atomic E-state index is 0.156. The van der Waals surface area contributed by atoms with Crippen LogP contribution in [0.3, 0.4) is 0 Å². The first-order valence-corrected chi connectivity index (χ1v) is 6.78. The van der Waals surface area contributed by atoms with Gasteiger partial charge in [0.1, 0.15) is 5.69 Å². The molecule has 0 aliphatic heterocycles. The molecule has 3 rings (SSSR count). The first-order chi connectivity index (χ1) is 11.0. The summed E-state index contributed by atoms with van der Waals surface area (Å²) in [5.74, 6) is -2.50. The van der Waals surface area contributed by atoms with E-state index in [0.717, 1.165) is 17.7 Å². The number of aryl methyl sites for hydroxylation is 1. The van der Waals surface area contributed by atoms with E-state index in [1.807, 2.05) is 0 Å². The lowest BCUT2D eigenvalue weighted by atomic mass is 10.1. The van der Waals surface area contributed by atoms with Crippen molar-refractivity contribution in [1.82, 2.24) is 15.2 Å². The minimum Gasteiger partial charge on any atom is -0.321 e. The van der Waals surface area contributed by atoms with Gasteiger partial charge in [-0.2, -0.15) is 5.10 Å². The molecule has 116 valence electrons. The van der Waals surface area contributed by atoms with E-state index in [9.17, 15) is 13.6 Å². The highest BCUT2D eigenvalue weighted by atomic mass is 19.2. The zero-order valence-electron chi connectivity index (χ0n) is 12.1. The Hall–Kier alpha value is -3.09. The highest BCUT2D eigenvalue weighted by Gasteiger charge is 2.14. The van der Waals surface area contributed by atoms with E-state index in [-0.39, 0.29) is 11.4 Å². The third kappa shape index (κ3) is 3.08. The molecule has 0 saturated carbocycles. The molecular weight excluding hydrogens is 302 g/mol. The number of benzene rings is 1. The summed E-state index contributed by atoms with van der Waals surface area (Å²) >= 11 is 0. The first kappa shape index (κ1) is 14.8. The number of halogens is 2. The van der Waals surface area contributed by atoms with Crippen molar-refractivity contribution in [3.8, 4) is 11.3 Å². The number of carbonyl (C=O) groups is 1. The Morgan fingerprint density at radius 3 is 2.70 bits per heavy atom. The third-order valence-electron chi connectivity index (χ3n) is 3.28. The van der Waals surface area contributed by atoms with Crippen molar-refractivity contribution in [3.63, 3.8) is 0 Å². The molecule has 7 heteroatoms. The summed E-state index contributed by atoms with van der Waals surface area (Å²) in [6.45, 7) is 1.74. The number of amides is 1. The number of carbonyl (C=O) groups excluding carboxylic acids is 1. The second-order valence-electron chi connectivity index (χ2n) is 4.93. The van der Waals surface area contributed by atoms with E-state index < -0.39 is 17.5 Å². The average Bonchev–Trinajstić information content (AvgIpc) is 3.06. The van der Waals surface area contributed by atoms with Crippen LogP contribution >= 0.6 is 0 Å². The van der Waals surface area contributed by atoms with Gasteiger partial charge in [-0.15, -0.1) is 0 Å². The molecule has 0 spiro atoms. The van der Waals surface area contributed by atoms with Crippen LogP contribution in [0.15, 0.2) is 42.7 Å². The van der Waals surface area contributed by atoms with Gasteiger partial charge in [0.25, 0.3) is 5.91 Å². The van der Waals surface area contributed by atoms with Crippen molar-refractivity contribution in [3.05, 3.63) is 65.6 Å². The summed E-state index contributed by atoms with van der Waals surface area (Å²) in [6.07, 6.45) is 3.25. The summed E-state index contributed by atoms with van der Waals surface area (Å²) in [5, 5.41) is 9.02. The number of nitrogens with one attached hydrogen (secondary N) is 2. The summed E-state index contributed by atoms with van der Waals surface area (Å²) in [4.78, 5) is 16.7. The first-order valence-electron chi connectivity index (χ1n) is 6.78. The largest absolute Gasteiger partial charge is 0.321 e. The molecule has 0 unspecified atom stereocenters. The molecule has 1 aromatic carbocycles. The van der Waals surface area contributed by atoms with Gasteiger partial charge in [-0.25, -0.2) is 13.8 Å². The Labute approximate surface area is 130 Å². The topological polar surface area (TPSA) is 70.7 Å². The van der Waals surface area contributed by atoms with Gasteiger partial charge in [0, 0.05) is 23.5 Å². The van der Waals surface area contributed by atoms with Gasteiger partial charge < -0.3 is 5.32 Å². The highest BCUT2D eigenvalue weighted by molar-refractivity contribution is 6.04. The van der Waals surface area contributed by atoms with Gasteiger partial charge in [-0.1, -0.05) is 6.07 Å². The van der Waals surface area contributed by atoms with Gasteiger partial charge in [0.05, 0.1) is 11.9 Å². The SMILES string of the molecule is Cc1ccc(-c2cn[nH]c2)nc1C(=O)Nc1ccc(F)c(F)c1. The maximum absolute atomic E-state index is 13.2. The molecule has 3 aromatic rings. The predicted molar refractivity (Wildman–Crippen MR) is 80.9 cm³/mol. The van der Waals surface area contributed by atoms with Gasteiger partial charge in [-0.05, 0) is 30.7 Å². The van der Waals surface area contributed by atoms with Gasteiger partial charge in [-0.3, -0.25) is 9.89 Å². The van der Waals surface area contributed by atoms with Crippen molar-refractivity contribution < 1.29 is 13.6 Å². The van der Waals surface area contributed by atoms with Crippen LogP contribution in [0.25, 0.3) is 11.3 Å². The Balaban J connectivity index is 1.89.